The predicted octanol–water partition coefficient (Wildman–Crippen LogP) is 4.84. The summed E-state index contributed by atoms with van der Waals surface area (Å²) in [6.07, 6.45) is 0. The molecule has 0 saturated carbocycles. The molecule has 1 heterocycles. The van der Waals surface area contributed by atoms with Crippen LogP contribution in [0.25, 0.3) is 22.6 Å². The number of aromatic nitrogens is 1. The third kappa shape index (κ3) is 2.27. The highest BCUT2D eigenvalue weighted by Crippen LogP contribution is 2.30. The highest BCUT2D eigenvalue weighted by Gasteiger charge is 2.10. The largest absolute Gasteiger partial charge is 0.436 e. The summed E-state index contributed by atoms with van der Waals surface area (Å²) in [5.41, 5.74) is 3.31. The summed E-state index contributed by atoms with van der Waals surface area (Å²) in [6.45, 7) is 0. The van der Waals surface area contributed by atoms with E-state index < -0.39 is 0 Å². The van der Waals surface area contributed by atoms with Crippen molar-refractivity contribution in [3.05, 3.63) is 46.4 Å². The van der Waals surface area contributed by atoms with E-state index in [0.717, 1.165) is 22.4 Å². The Labute approximate surface area is 120 Å². The van der Waals surface area contributed by atoms with Gasteiger partial charge in [0.1, 0.15) is 5.52 Å². The Balaban J connectivity index is 2.11. The number of halogens is 2. The van der Waals surface area contributed by atoms with Crippen molar-refractivity contribution >= 4 is 40.0 Å². The van der Waals surface area contributed by atoms with Crippen LogP contribution in [0.15, 0.2) is 40.8 Å². The summed E-state index contributed by atoms with van der Waals surface area (Å²) in [7, 11) is 1.86. The first-order chi connectivity index (χ1) is 9.17. The van der Waals surface area contributed by atoms with Gasteiger partial charge in [-0.15, -0.1) is 0 Å². The summed E-state index contributed by atoms with van der Waals surface area (Å²) in [4.78, 5) is 4.43. The summed E-state index contributed by atoms with van der Waals surface area (Å²) in [5.74, 6) is 0.529. The van der Waals surface area contributed by atoms with Crippen molar-refractivity contribution in [3.63, 3.8) is 0 Å². The van der Waals surface area contributed by atoms with Gasteiger partial charge in [0.2, 0.25) is 5.89 Å². The second kappa shape index (κ2) is 4.76. The van der Waals surface area contributed by atoms with Gasteiger partial charge in [-0.05, 0) is 30.3 Å². The van der Waals surface area contributed by atoms with Gasteiger partial charge in [0.05, 0.1) is 10.0 Å². The Kier molecular flexibility index (Phi) is 3.09. The van der Waals surface area contributed by atoms with Gasteiger partial charge in [0.15, 0.2) is 5.58 Å². The fraction of sp³-hybridized carbons (Fsp3) is 0.0714. The number of fused-ring (bicyclic) bond motifs is 1. The number of nitrogens with one attached hydrogen (secondary N) is 1. The van der Waals surface area contributed by atoms with Crippen molar-refractivity contribution in [1.29, 1.82) is 0 Å². The van der Waals surface area contributed by atoms with Crippen LogP contribution in [0.4, 0.5) is 5.69 Å². The molecule has 0 bridgehead atoms. The molecule has 3 nitrogen and oxygen atoms in total. The molecule has 0 aliphatic carbocycles. The molecule has 0 aliphatic rings. The Morgan fingerprint density at radius 3 is 2.63 bits per heavy atom. The number of benzene rings is 2. The van der Waals surface area contributed by atoms with Crippen LogP contribution in [-0.2, 0) is 0 Å². The maximum Gasteiger partial charge on any atom is 0.227 e. The monoisotopic (exact) mass is 292 g/mol. The molecule has 3 aromatic rings. The number of hydrogen-bond donors (Lipinski definition) is 1. The predicted molar refractivity (Wildman–Crippen MR) is 79.0 cm³/mol. The van der Waals surface area contributed by atoms with Gasteiger partial charge in [-0.25, -0.2) is 4.98 Å². The summed E-state index contributed by atoms with van der Waals surface area (Å²) in [6, 6.07) is 11.1. The minimum absolute atomic E-state index is 0.484. The Bertz CT molecular complexity index is 752. The maximum atomic E-state index is 6.00. The van der Waals surface area contributed by atoms with Gasteiger partial charge in [-0.3, -0.25) is 0 Å². The number of anilines is 1. The third-order valence-corrected chi connectivity index (χ3v) is 3.58. The molecule has 0 saturated heterocycles. The van der Waals surface area contributed by atoms with E-state index in [1.807, 2.05) is 31.3 Å². The molecule has 0 unspecified atom stereocenters. The van der Waals surface area contributed by atoms with Crippen LogP contribution in [-0.4, -0.2) is 12.0 Å². The van der Waals surface area contributed by atoms with Crippen LogP contribution in [0.3, 0.4) is 0 Å². The van der Waals surface area contributed by atoms with Crippen molar-refractivity contribution in [2.75, 3.05) is 12.4 Å². The molecule has 0 spiro atoms. The number of oxazole rings is 1. The molecule has 0 fully saturated rings. The molecular formula is C14H10Cl2N2O. The molecule has 0 amide bonds. The molecule has 1 aromatic heterocycles. The van der Waals surface area contributed by atoms with E-state index in [4.69, 9.17) is 27.6 Å². The van der Waals surface area contributed by atoms with E-state index in [2.05, 4.69) is 10.3 Å². The van der Waals surface area contributed by atoms with Gasteiger partial charge in [-0.2, -0.15) is 0 Å². The van der Waals surface area contributed by atoms with Crippen molar-refractivity contribution in [3.8, 4) is 11.5 Å². The molecule has 19 heavy (non-hydrogen) atoms. The Morgan fingerprint density at radius 1 is 1.05 bits per heavy atom. The smallest absolute Gasteiger partial charge is 0.227 e. The highest BCUT2D eigenvalue weighted by atomic mass is 35.5. The number of nitrogens with zero attached hydrogens (tertiary/aromatic N) is 1. The van der Waals surface area contributed by atoms with Gasteiger partial charge in [-0.1, -0.05) is 23.2 Å². The molecule has 1 N–H and O–H groups in total. The van der Waals surface area contributed by atoms with Crippen molar-refractivity contribution < 1.29 is 4.42 Å². The van der Waals surface area contributed by atoms with Crippen LogP contribution < -0.4 is 5.32 Å². The molecule has 0 radical (unpaired) electrons. The fourth-order valence-corrected chi connectivity index (χ4v) is 2.13. The summed E-state index contributed by atoms with van der Waals surface area (Å²) < 4.78 is 5.74. The first kappa shape index (κ1) is 12.3. The molecule has 3 rings (SSSR count). The Hall–Kier alpha value is -1.71. The van der Waals surface area contributed by atoms with E-state index in [-0.39, 0.29) is 0 Å². The molecule has 2 aromatic carbocycles. The van der Waals surface area contributed by atoms with E-state index >= 15 is 0 Å². The second-order valence-electron chi connectivity index (χ2n) is 4.08. The lowest BCUT2D eigenvalue weighted by molar-refractivity contribution is 0.620. The van der Waals surface area contributed by atoms with E-state index in [0.29, 0.717) is 15.9 Å². The van der Waals surface area contributed by atoms with Crippen molar-refractivity contribution in [2.45, 2.75) is 0 Å². The zero-order valence-electron chi connectivity index (χ0n) is 10.1. The quantitative estimate of drug-likeness (QED) is 0.734. The van der Waals surface area contributed by atoms with Crippen LogP contribution in [0.1, 0.15) is 0 Å². The Morgan fingerprint density at radius 2 is 1.89 bits per heavy atom. The van der Waals surface area contributed by atoms with Crippen molar-refractivity contribution in [2.24, 2.45) is 0 Å². The van der Waals surface area contributed by atoms with Crippen LogP contribution in [0, 0.1) is 0 Å². The average Bonchev–Trinajstić information content (AvgIpc) is 2.84. The van der Waals surface area contributed by atoms with Crippen LogP contribution in [0.5, 0.6) is 0 Å². The lowest BCUT2D eigenvalue weighted by atomic mass is 10.2. The van der Waals surface area contributed by atoms with E-state index in [1.165, 1.54) is 0 Å². The van der Waals surface area contributed by atoms with Crippen molar-refractivity contribution in [1.82, 2.24) is 4.98 Å². The molecular weight excluding hydrogens is 283 g/mol. The molecule has 96 valence electrons. The zero-order chi connectivity index (χ0) is 13.4. The van der Waals surface area contributed by atoms with Gasteiger partial charge >= 0.3 is 0 Å². The lowest BCUT2D eigenvalue weighted by Gasteiger charge is -1.98. The normalized spacial score (nSPS) is 10.9. The molecule has 0 aliphatic heterocycles. The van der Waals surface area contributed by atoms with Crippen LogP contribution in [0.2, 0.25) is 10.0 Å². The SMILES string of the molecule is CNc1ccc2nc(-c3ccc(Cl)c(Cl)c3)oc2c1. The first-order valence-electron chi connectivity index (χ1n) is 5.71. The maximum absolute atomic E-state index is 6.00. The number of rotatable bonds is 2. The summed E-state index contributed by atoms with van der Waals surface area (Å²) >= 11 is 11.9. The average molecular weight is 293 g/mol. The van der Waals surface area contributed by atoms with Gasteiger partial charge in [0.25, 0.3) is 0 Å². The summed E-state index contributed by atoms with van der Waals surface area (Å²) in [5, 5.41) is 4.05. The second-order valence-corrected chi connectivity index (χ2v) is 4.89. The van der Waals surface area contributed by atoms with Gasteiger partial charge < -0.3 is 9.73 Å². The minimum Gasteiger partial charge on any atom is -0.436 e. The van der Waals surface area contributed by atoms with Gasteiger partial charge in [0, 0.05) is 24.4 Å². The fourth-order valence-electron chi connectivity index (χ4n) is 1.83. The van der Waals surface area contributed by atoms with Crippen LogP contribution >= 0.6 is 23.2 Å². The standard InChI is InChI=1S/C14H10Cl2N2O/c1-17-9-3-5-12-13(7-9)19-14(18-12)8-2-4-10(15)11(16)6-8/h2-7,17H,1H3. The molecule has 5 heteroatoms. The highest BCUT2D eigenvalue weighted by molar-refractivity contribution is 6.42. The minimum atomic E-state index is 0.484. The van der Waals surface area contributed by atoms with E-state index in [9.17, 15) is 0 Å². The molecule has 0 atom stereocenters. The lowest BCUT2D eigenvalue weighted by Crippen LogP contribution is -1.85. The zero-order valence-corrected chi connectivity index (χ0v) is 11.6. The topological polar surface area (TPSA) is 38.1 Å². The number of hydrogen-bond acceptors (Lipinski definition) is 3. The van der Waals surface area contributed by atoms with E-state index in [1.54, 1.807) is 12.1 Å². The first-order valence-corrected chi connectivity index (χ1v) is 6.47. The third-order valence-electron chi connectivity index (χ3n) is 2.84.